The second-order valence-electron chi connectivity index (χ2n) is 4.23. The average Bonchev–Trinajstić information content (AvgIpc) is 2.29. The van der Waals surface area contributed by atoms with Crippen LogP contribution < -0.4 is 10.6 Å². The Hall–Kier alpha value is -1.42. The first kappa shape index (κ1) is 13.6. The fourth-order valence-electron chi connectivity index (χ4n) is 1.40. The van der Waals surface area contributed by atoms with Gasteiger partial charge in [-0.2, -0.15) is 0 Å². The molecule has 0 aliphatic rings. The van der Waals surface area contributed by atoms with E-state index in [1.54, 1.807) is 18.2 Å². The lowest BCUT2D eigenvalue weighted by Crippen LogP contribution is -2.37. The SMILES string of the molecule is CC(C)NCC(=O)NCCc1ccccc1F. The zero-order chi connectivity index (χ0) is 12.7. The van der Waals surface area contributed by atoms with Crippen molar-refractivity contribution >= 4 is 5.91 Å². The van der Waals surface area contributed by atoms with Crippen molar-refractivity contribution in [2.75, 3.05) is 13.1 Å². The van der Waals surface area contributed by atoms with Crippen molar-refractivity contribution in [1.29, 1.82) is 0 Å². The maximum absolute atomic E-state index is 13.2. The molecule has 4 heteroatoms. The molecule has 0 aliphatic heterocycles. The second kappa shape index (κ2) is 7.01. The first-order valence-corrected chi connectivity index (χ1v) is 5.83. The number of hydrogen-bond acceptors (Lipinski definition) is 2. The van der Waals surface area contributed by atoms with Crippen LogP contribution in [-0.4, -0.2) is 25.0 Å². The maximum Gasteiger partial charge on any atom is 0.233 e. The summed E-state index contributed by atoms with van der Waals surface area (Å²) in [6.07, 6.45) is 0.514. The Bertz CT molecular complexity index is 366. The highest BCUT2D eigenvalue weighted by atomic mass is 19.1. The zero-order valence-corrected chi connectivity index (χ0v) is 10.3. The van der Waals surface area contributed by atoms with Gasteiger partial charge in [-0.1, -0.05) is 32.0 Å². The summed E-state index contributed by atoms with van der Waals surface area (Å²) in [7, 11) is 0. The number of rotatable bonds is 6. The lowest BCUT2D eigenvalue weighted by atomic mass is 10.1. The quantitative estimate of drug-likeness (QED) is 0.788. The minimum absolute atomic E-state index is 0.0601. The predicted molar refractivity (Wildman–Crippen MR) is 66.3 cm³/mol. The van der Waals surface area contributed by atoms with E-state index in [1.165, 1.54) is 6.07 Å². The van der Waals surface area contributed by atoms with E-state index in [0.717, 1.165) is 0 Å². The molecule has 1 amide bonds. The highest BCUT2D eigenvalue weighted by Crippen LogP contribution is 2.05. The fourth-order valence-corrected chi connectivity index (χ4v) is 1.40. The molecule has 1 aromatic rings. The van der Waals surface area contributed by atoms with Gasteiger partial charge < -0.3 is 10.6 Å². The van der Waals surface area contributed by atoms with E-state index in [2.05, 4.69) is 10.6 Å². The topological polar surface area (TPSA) is 41.1 Å². The Balaban J connectivity index is 2.24. The molecule has 17 heavy (non-hydrogen) atoms. The van der Waals surface area contributed by atoms with Crippen molar-refractivity contribution in [2.24, 2.45) is 0 Å². The Morgan fingerprint density at radius 3 is 2.71 bits per heavy atom. The molecule has 0 radical (unpaired) electrons. The van der Waals surface area contributed by atoms with Crippen molar-refractivity contribution in [3.63, 3.8) is 0 Å². The van der Waals surface area contributed by atoms with Crippen LogP contribution in [-0.2, 0) is 11.2 Å². The molecule has 0 atom stereocenters. The molecule has 0 fully saturated rings. The van der Waals surface area contributed by atoms with Crippen LogP contribution in [0.15, 0.2) is 24.3 Å². The maximum atomic E-state index is 13.2. The van der Waals surface area contributed by atoms with Crippen LogP contribution in [0.3, 0.4) is 0 Å². The lowest BCUT2D eigenvalue weighted by molar-refractivity contribution is -0.120. The third-order valence-electron chi connectivity index (χ3n) is 2.35. The smallest absolute Gasteiger partial charge is 0.233 e. The van der Waals surface area contributed by atoms with Crippen LogP contribution >= 0.6 is 0 Å². The summed E-state index contributed by atoms with van der Waals surface area (Å²) in [5.74, 6) is -0.280. The van der Waals surface area contributed by atoms with E-state index in [0.29, 0.717) is 25.1 Å². The Kier molecular flexibility index (Phi) is 5.63. The molecule has 0 bridgehead atoms. The minimum Gasteiger partial charge on any atom is -0.355 e. The summed E-state index contributed by atoms with van der Waals surface area (Å²) < 4.78 is 13.2. The van der Waals surface area contributed by atoms with Crippen molar-refractivity contribution in [1.82, 2.24) is 10.6 Å². The molecule has 0 spiro atoms. The van der Waals surface area contributed by atoms with Gasteiger partial charge in [0.15, 0.2) is 0 Å². The number of halogens is 1. The van der Waals surface area contributed by atoms with E-state index in [1.807, 2.05) is 13.8 Å². The van der Waals surface area contributed by atoms with Crippen LogP contribution in [0.5, 0.6) is 0 Å². The first-order valence-electron chi connectivity index (χ1n) is 5.83. The summed E-state index contributed by atoms with van der Waals surface area (Å²) in [6, 6.07) is 6.89. The largest absolute Gasteiger partial charge is 0.355 e. The first-order chi connectivity index (χ1) is 8.09. The van der Waals surface area contributed by atoms with Gasteiger partial charge >= 0.3 is 0 Å². The summed E-state index contributed by atoms with van der Waals surface area (Å²) in [4.78, 5) is 11.4. The van der Waals surface area contributed by atoms with Gasteiger partial charge in [-0.15, -0.1) is 0 Å². The number of amides is 1. The molecular formula is C13H19FN2O. The normalized spacial score (nSPS) is 10.6. The van der Waals surface area contributed by atoms with Crippen LogP contribution in [0.25, 0.3) is 0 Å². The number of hydrogen-bond donors (Lipinski definition) is 2. The van der Waals surface area contributed by atoms with Gasteiger partial charge in [0.05, 0.1) is 6.54 Å². The molecule has 3 nitrogen and oxygen atoms in total. The number of benzene rings is 1. The Labute approximate surface area is 101 Å². The van der Waals surface area contributed by atoms with Crippen molar-refractivity contribution < 1.29 is 9.18 Å². The highest BCUT2D eigenvalue weighted by Gasteiger charge is 2.03. The molecule has 0 saturated carbocycles. The molecular weight excluding hydrogens is 219 g/mol. The van der Waals surface area contributed by atoms with E-state index >= 15 is 0 Å². The molecule has 0 aliphatic carbocycles. The molecule has 0 saturated heterocycles. The minimum atomic E-state index is -0.220. The monoisotopic (exact) mass is 238 g/mol. The molecule has 0 heterocycles. The number of nitrogens with one attached hydrogen (secondary N) is 2. The van der Waals surface area contributed by atoms with Crippen molar-refractivity contribution in [2.45, 2.75) is 26.3 Å². The lowest BCUT2D eigenvalue weighted by Gasteiger charge is -2.09. The third-order valence-corrected chi connectivity index (χ3v) is 2.35. The van der Waals surface area contributed by atoms with Gasteiger partial charge in [-0.05, 0) is 18.1 Å². The van der Waals surface area contributed by atoms with Crippen LogP contribution in [0.4, 0.5) is 4.39 Å². The van der Waals surface area contributed by atoms with Gasteiger partial charge in [-0.3, -0.25) is 4.79 Å². The average molecular weight is 238 g/mol. The van der Waals surface area contributed by atoms with Crippen LogP contribution in [0.2, 0.25) is 0 Å². The van der Waals surface area contributed by atoms with Crippen LogP contribution in [0.1, 0.15) is 19.4 Å². The zero-order valence-electron chi connectivity index (χ0n) is 10.3. The van der Waals surface area contributed by atoms with Crippen LogP contribution in [0, 0.1) is 5.82 Å². The molecule has 0 unspecified atom stereocenters. The molecule has 2 N–H and O–H groups in total. The molecule has 0 aromatic heterocycles. The molecule has 1 aromatic carbocycles. The van der Waals surface area contributed by atoms with Gasteiger partial charge in [0.2, 0.25) is 5.91 Å². The van der Waals surface area contributed by atoms with Gasteiger partial charge in [0.25, 0.3) is 0 Å². The van der Waals surface area contributed by atoms with Crippen molar-refractivity contribution in [3.8, 4) is 0 Å². The summed E-state index contributed by atoms with van der Waals surface area (Å²) in [5.41, 5.74) is 0.629. The second-order valence-corrected chi connectivity index (χ2v) is 4.23. The van der Waals surface area contributed by atoms with Gasteiger partial charge in [0.1, 0.15) is 5.82 Å². The Morgan fingerprint density at radius 2 is 2.06 bits per heavy atom. The third kappa shape index (κ3) is 5.45. The van der Waals surface area contributed by atoms with E-state index in [9.17, 15) is 9.18 Å². The van der Waals surface area contributed by atoms with E-state index in [-0.39, 0.29) is 17.8 Å². The predicted octanol–water partition coefficient (Wildman–Crippen LogP) is 1.48. The van der Waals surface area contributed by atoms with Crippen molar-refractivity contribution in [3.05, 3.63) is 35.6 Å². The fraction of sp³-hybridized carbons (Fsp3) is 0.462. The molecule has 94 valence electrons. The highest BCUT2D eigenvalue weighted by molar-refractivity contribution is 5.77. The van der Waals surface area contributed by atoms with Gasteiger partial charge in [-0.25, -0.2) is 4.39 Å². The summed E-state index contributed by atoms with van der Waals surface area (Å²) in [5, 5.41) is 5.76. The van der Waals surface area contributed by atoms with Gasteiger partial charge in [0, 0.05) is 12.6 Å². The number of carbonyl (C=O) groups excluding carboxylic acids is 1. The summed E-state index contributed by atoms with van der Waals surface area (Å²) in [6.45, 7) is 4.72. The van der Waals surface area contributed by atoms with E-state index in [4.69, 9.17) is 0 Å². The standard InChI is InChI=1S/C13H19FN2O/c1-10(2)16-9-13(17)15-8-7-11-5-3-4-6-12(11)14/h3-6,10,16H,7-9H2,1-2H3,(H,15,17). The number of carbonyl (C=O) groups is 1. The summed E-state index contributed by atoms with van der Waals surface area (Å²) >= 11 is 0. The Morgan fingerprint density at radius 1 is 1.35 bits per heavy atom. The molecule has 1 rings (SSSR count). The van der Waals surface area contributed by atoms with E-state index < -0.39 is 0 Å².